The van der Waals surface area contributed by atoms with Gasteiger partial charge in [-0.05, 0) is 59.3 Å². The summed E-state index contributed by atoms with van der Waals surface area (Å²) >= 11 is 0. The minimum atomic E-state index is -1.04. The lowest BCUT2D eigenvalue weighted by atomic mass is 9.99. The van der Waals surface area contributed by atoms with Gasteiger partial charge in [-0.2, -0.15) is 0 Å². The molecule has 0 aromatic heterocycles. The van der Waals surface area contributed by atoms with E-state index in [0.29, 0.717) is 16.9 Å². The van der Waals surface area contributed by atoms with Crippen LogP contribution < -0.4 is 10.6 Å². The molecule has 0 bridgehead atoms. The predicted octanol–water partition coefficient (Wildman–Crippen LogP) is 4.97. The van der Waals surface area contributed by atoms with Crippen LogP contribution in [0.2, 0.25) is 0 Å². The fourth-order valence-corrected chi connectivity index (χ4v) is 3.51. The Morgan fingerprint density at radius 3 is 1.61 bits per heavy atom. The van der Waals surface area contributed by atoms with Crippen LogP contribution in [0.5, 0.6) is 0 Å². The summed E-state index contributed by atoms with van der Waals surface area (Å²) in [4.78, 5) is 35.9. The van der Waals surface area contributed by atoms with Crippen LogP contribution in [0, 0.1) is 0 Å². The summed E-state index contributed by atoms with van der Waals surface area (Å²) in [6.45, 7) is 0. The molecule has 4 aromatic rings. The molecule has 4 rings (SSSR count). The molecule has 0 saturated heterocycles. The van der Waals surface area contributed by atoms with Gasteiger partial charge in [0, 0.05) is 16.9 Å². The largest absolute Gasteiger partial charge is 0.478 e. The second-order valence-corrected chi connectivity index (χ2v) is 7.38. The van der Waals surface area contributed by atoms with Crippen molar-refractivity contribution in [1.82, 2.24) is 0 Å². The average molecular weight is 440 g/mol. The lowest BCUT2D eigenvalue weighted by Crippen LogP contribution is -2.37. The van der Waals surface area contributed by atoms with Crippen molar-refractivity contribution in [3.05, 3.63) is 108 Å². The molecule has 7 nitrogen and oxygen atoms in total. The molecule has 0 aliphatic heterocycles. The van der Waals surface area contributed by atoms with Gasteiger partial charge in [0.1, 0.15) is 0 Å². The van der Waals surface area contributed by atoms with Gasteiger partial charge < -0.3 is 20.8 Å². The van der Waals surface area contributed by atoms with Crippen LogP contribution in [0.1, 0.15) is 31.1 Å². The lowest BCUT2D eigenvalue weighted by Gasteiger charge is -2.22. The quantitative estimate of drug-likeness (QED) is 0.226. The van der Waals surface area contributed by atoms with Crippen molar-refractivity contribution in [3.8, 4) is 0 Å². The molecule has 0 aliphatic rings. The molecule has 0 saturated carbocycles. The molecule has 0 heterocycles. The molecule has 0 unspecified atom stereocenters. The summed E-state index contributed by atoms with van der Waals surface area (Å²) in [7, 11) is 0. The van der Waals surface area contributed by atoms with Crippen molar-refractivity contribution in [3.63, 3.8) is 0 Å². The van der Waals surface area contributed by atoms with E-state index in [1.807, 2.05) is 36.4 Å². The van der Waals surface area contributed by atoms with Gasteiger partial charge in [0.15, 0.2) is 6.17 Å². The molecule has 0 amide bonds. The monoisotopic (exact) mass is 440 g/mol. The number of hydrogen-bond acceptors (Lipinski definition) is 5. The maximum Gasteiger partial charge on any atom is 0.335 e. The summed E-state index contributed by atoms with van der Waals surface area (Å²) in [5.41, 5.74) is 1.88. The first-order valence-corrected chi connectivity index (χ1v) is 10.1. The highest BCUT2D eigenvalue weighted by atomic mass is 16.4. The maximum absolute atomic E-state index is 13.6. The Labute approximate surface area is 189 Å². The Bertz CT molecular complexity index is 1270. The van der Waals surface area contributed by atoms with Crippen molar-refractivity contribution in [2.75, 3.05) is 10.6 Å². The number of aromatic carboxylic acids is 2. The Kier molecular flexibility index (Phi) is 6.04. The predicted molar refractivity (Wildman–Crippen MR) is 126 cm³/mol. The fourth-order valence-electron chi connectivity index (χ4n) is 3.51. The Morgan fingerprint density at radius 1 is 0.606 bits per heavy atom. The summed E-state index contributed by atoms with van der Waals surface area (Å²) in [6, 6.07) is 25.2. The van der Waals surface area contributed by atoms with Crippen molar-refractivity contribution < 1.29 is 24.6 Å². The van der Waals surface area contributed by atoms with E-state index in [1.165, 1.54) is 24.3 Å². The number of Topliss-reactive ketones (excluding diaryl/α,β-unsaturated/α-hetero) is 1. The zero-order valence-corrected chi connectivity index (χ0v) is 17.4. The Hall–Kier alpha value is -4.65. The van der Waals surface area contributed by atoms with Crippen molar-refractivity contribution in [2.45, 2.75) is 6.17 Å². The fraction of sp³-hybridized carbons (Fsp3) is 0.0385. The van der Waals surface area contributed by atoms with Crippen LogP contribution >= 0.6 is 0 Å². The van der Waals surface area contributed by atoms with Gasteiger partial charge in [0.25, 0.3) is 0 Å². The molecule has 0 radical (unpaired) electrons. The van der Waals surface area contributed by atoms with E-state index in [4.69, 9.17) is 10.2 Å². The summed E-state index contributed by atoms with van der Waals surface area (Å²) in [6.07, 6.45) is -0.901. The maximum atomic E-state index is 13.6. The number of hydrogen-bond donors (Lipinski definition) is 4. The Morgan fingerprint density at radius 2 is 1.09 bits per heavy atom. The first kappa shape index (κ1) is 21.6. The third-order valence-corrected chi connectivity index (χ3v) is 5.20. The van der Waals surface area contributed by atoms with E-state index >= 15 is 0 Å². The van der Waals surface area contributed by atoms with Crippen molar-refractivity contribution in [1.29, 1.82) is 0 Å². The highest BCUT2D eigenvalue weighted by molar-refractivity contribution is 6.12. The van der Waals surface area contributed by atoms with E-state index in [2.05, 4.69) is 10.6 Å². The second-order valence-electron chi connectivity index (χ2n) is 7.38. The number of benzene rings is 4. The van der Waals surface area contributed by atoms with Crippen LogP contribution in [0.15, 0.2) is 91.0 Å². The standard InChI is InChI=1S/C26H20N2O5/c29-23(22-7-3-5-16-4-1-2-6-21(16)22)24(27-19-12-8-17(9-13-19)25(30)31)28-20-14-10-18(11-15-20)26(32)33/h1-15,24,27-28H,(H,30,31)(H,32,33). The van der Waals surface area contributed by atoms with Gasteiger partial charge in [-0.15, -0.1) is 0 Å². The number of fused-ring (bicyclic) bond motifs is 1. The first-order chi connectivity index (χ1) is 15.9. The molecule has 0 spiro atoms. The highest BCUT2D eigenvalue weighted by Gasteiger charge is 2.22. The third kappa shape index (κ3) is 4.83. The van der Waals surface area contributed by atoms with Gasteiger partial charge in [0.2, 0.25) is 5.78 Å². The van der Waals surface area contributed by atoms with E-state index in [-0.39, 0.29) is 16.9 Å². The van der Waals surface area contributed by atoms with Gasteiger partial charge in [0.05, 0.1) is 11.1 Å². The normalized spacial score (nSPS) is 10.7. The van der Waals surface area contributed by atoms with Crippen LogP contribution in [-0.2, 0) is 0 Å². The van der Waals surface area contributed by atoms with E-state index < -0.39 is 18.1 Å². The van der Waals surface area contributed by atoms with Gasteiger partial charge in [-0.1, -0.05) is 42.5 Å². The third-order valence-electron chi connectivity index (χ3n) is 5.20. The van der Waals surface area contributed by atoms with Crippen molar-refractivity contribution in [2.24, 2.45) is 0 Å². The molecule has 0 fully saturated rings. The molecular formula is C26H20N2O5. The summed E-state index contributed by atoms with van der Waals surface area (Å²) in [5, 5.41) is 26.2. The minimum absolute atomic E-state index is 0.134. The van der Waals surface area contributed by atoms with Crippen LogP contribution in [0.25, 0.3) is 10.8 Å². The number of carboxylic acid groups (broad SMARTS) is 2. The lowest BCUT2D eigenvalue weighted by molar-refractivity contribution is 0.0686. The van der Waals surface area contributed by atoms with E-state index in [1.54, 1.807) is 30.3 Å². The zero-order valence-electron chi connectivity index (χ0n) is 17.4. The number of rotatable bonds is 8. The molecule has 164 valence electrons. The zero-order chi connectivity index (χ0) is 23.4. The van der Waals surface area contributed by atoms with Crippen molar-refractivity contribution >= 4 is 39.9 Å². The number of anilines is 2. The number of nitrogens with one attached hydrogen (secondary N) is 2. The van der Waals surface area contributed by atoms with Gasteiger partial charge in [-0.25, -0.2) is 9.59 Å². The molecule has 4 N–H and O–H groups in total. The number of carboxylic acids is 2. The smallest absolute Gasteiger partial charge is 0.335 e. The number of ketones is 1. The summed E-state index contributed by atoms with van der Waals surface area (Å²) < 4.78 is 0. The van der Waals surface area contributed by atoms with E-state index in [9.17, 15) is 14.4 Å². The molecule has 4 aromatic carbocycles. The topological polar surface area (TPSA) is 116 Å². The van der Waals surface area contributed by atoms with Crippen LogP contribution in [0.3, 0.4) is 0 Å². The number of carbonyl (C=O) groups is 3. The Balaban J connectivity index is 1.68. The number of carbonyl (C=O) groups excluding carboxylic acids is 1. The van der Waals surface area contributed by atoms with Crippen LogP contribution in [-0.4, -0.2) is 34.1 Å². The first-order valence-electron chi connectivity index (χ1n) is 10.1. The molecule has 0 atom stereocenters. The molecule has 7 heteroatoms. The summed E-state index contributed by atoms with van der Waals surface area (Å²) in [5.74, 6) is -2.31. The van der Waals surface area contributed by atoms with E-state index in [0.717, 1.165) is 10.8 Å². The minimum Gasteiger partial charge on any atom is -0.478 e. The van der Waals surface area contributed by atoms with Crippen LogP contribution in [0.4, 0.5) is 11.4 Å². The SMILES string of the molecule is O=C(O)c1ccc(NC(Nc2ccc(C(=O)O)cc2)C(=O)c2cccc3ccccc23)cc1. The average Bonchev–Trinajstić information content (AvgIpc) is 2.83. The highest BCUT2D eigenvalue weighted by Crippen LogP contribution is 2.22. The molecule has 33 heavy (non-hydrogen) atoms. The molecular weight excluding hydrogens is 420 g/mol. The second kappa shape index (κ2) is 9.23. The molecule has 0 aliphatic carbocycles. The van der Waals surface area contributed by atoms with Gasteiger partial charge >= 0.3 is 11.9 Å². The van der Waals surface area contributed by atoms with Gasteiger partial charge in [-0.3, -0.25) is 4.79 Å².